The monoisotopic (exact) mass is 782 g/mol. The van der Waals surface area contributed by atoms with Crippen molar-refractivity contribution in [1.82, 2.24) is 40.5 Å². The summed E-state index contributed by atoms with van der Waals surface area (Å²) in [5.41, 5.74) is 7.09. The second-order valence-corrected chi connectivity index (χ2v) is 17.0. The first-order valence-corrected chi connectivity index (χ1v) is 20.8. The largest absolute Gasteiger partial charge is 0.453 e. The summed E-state index contributed by atoms with van der Waals surface area (Å²) >= 11 is 0. The SMILES string of the molecule is COC(=O)N[C@H](C(=O)N1CCC[C@H]1c1ncc(-c2ccc(-c3ccc(-c4cnc([C@@H]5[C@H]6CC[C@H](C6)[C@H]5C(=O)N[C@H](c5cccnc5)C(C)C)[nH]4)cc3)cc2)[nH]1)C(C)C. The molecule has 12 nitrogen and oxygen atoms in total. The Bertz CT molecular complexity index is 2210. The Morgan fingerprint density at radius 1 is 0.759 bits per heavy atom. The Hall–Kier alpha value is -5.78. The van der Waals surface area contributed by atoms with Crippen molar-refractivity contribution in [3.63, 3.8) is 0 Å². The summed E-state index contributed by atoms with van der Waals surface area (Å²) in [5, 5.41) is 6.12. The normalized spacial score (nSPS) is 22.3. The molecule has 2 saturated carbocycles. The molecule has 2 bridgehead atoms. The number of ether oxygens (including phenoxy) is 1. The number of H-pyrrole nitrogens is 2. The van der Waals surface area contributed by atoms with Gasteiger partial charge in [0.25, 0.3) is 0 Å². The summed E-state index contributed by atoms with van der Waals surface area (Å²) in [5.74, 6) is 2.59. The number of alkyl carbamates (subject to hydrolysis) is 1. The number of carbonyl (C=O) groups excluding carboxylic acids is 3. The van der Waals surface area contributed by atoms with Crippen molar-refractivity contribution in [1.29, 1.82) is 0 Å². The molecule has 4 heterocycles. The van der Waals surface area contributed by atoms with Gasteiger partial charge in [-0.05, 0) is 89.7 Å². The van der Waals surface area contributed by atoms with Crippen molar-refractivity contribution >= 4 is 17.9 Å². The number of imidazole rings is 2. The van der Waals surface area contributed by atoms with Crippen LogP contribution in [0.4, 0.5) is 4.79 Å². The van der Waals surface area contributed by atoms with Gasteiger partial charge in [0, 0.05) is 24.9 Å². The zero-order valence-electron chi connectivity index (χ0n) is 33.9. The van der Waals surface area contributed by atoms with Crippen LogP contribution in [0.2, 0.25) is 0 Å². The Kier molecular flexibility index (Phi) is 11.2. The van der Waals surface area contributed by atoms with Crippen LogP contribution in [0.25, 0.3) is 33.6 Å². The van der Waals surface area contributed by atoms with Gasteiger partial charge in [-0.3, -0.25) is 14.6 Å². The van der Waals surface area contributed by atoms with Crippen LogP contribution in [-0.2, 0) is 14.3 Å². The van der Waals surface area contributed by atoms with Crippen LogP contribution < -0.4 is 10.6 Å². The third-order valence-electron chi connectivity index (χ3n) is 12.7. The Morgan fingerprint density at radius 2 is 1.38 bits per heavy atom. The molecule has 3 fully saturated rings. The first-order chi connectivity index (χ1) is 28.1. The predicted molar refractivity (Wildman–Crippen MR) is 222 cm³/mol. The van der Waals surface area contributed by atoms with E-state index in [0.29, 0.717) is 18.4 Å². The van der Waals surface area contributed by atoms with E-state index >= 15 is 0 Å². The van der Waals surface area contributed by atoms with E-state index in [-0.39, 0.29) is 47.6 Å². The third kappa shape index (κ3) is 7.76. The van der Waals surface area contributed by atoms with Gasteiger partial charge >= 0.3 is 6.09 Å². The van der Waals surface area contributed by atoms with Crippen LogP contribution in [0.3, 0.4) is 0 Å². The number of hydrogen-bond acceptors (Lipinski definition) is 7. The fourth-order valence-corrected chi connectivity index (χ4v) is 9.69. The summed E-state index contributed by atoms with van der Waals surface area (Å²) < 4.78 is 4.77. The topological polar surface area (TPSA) is 158 Å². The molecule has 3 amide bonds. The van der Waals surface area contributed by atoms with Gasteiger partial charge in [0.15, 0.2) is 0 Å². The first kappa shape index (κ1) is 39.1. The number of fused-ring (bicyclic) bond motifs is 2. The number of amides is 3. The number of methoxy groups -OCH3 is 1. The van der Waals surface area contributed by atoms with E-state index in [0.717, 1.165) is 83.0 Å². The molecule has 3 aromatic heterocycles. The number of nitrogens with zero attached hydrogens (tertiary/aromatic N) is 4. The summed E-state index contributed by atoms with van der Waals surface area (Å²) in [4.78, 5) is 62.4. The molecule has 3 aliphatic rings. The van der Waals surface area contributed by atoms with Gasteiger partial charge < -0.3 is 30.2 Å². The van der Waals surface area contributed by atoms with Gasteiger partial charge in [-0.2, -0.15) is 0 Å². The highest BCUT2D eigenvalue weighted by Gasteiger charge is 2.52. The highest BCUT2D eigenvalue weighted by molar-refractivity contribution is 5.86. The Balaban J connectivity index is 0.928. The molecule has 58 heavy (non-hydrogen) atoms. The number of carbonyl (C=O) groups is 3. The zero-order valence-corrected chi connectivity index (χ0v) is 33.9. The van der Waals surface area contributed by atoms with Crippen molar-refractivity contribution in [2.45, 2.75) is 83.8 Å². The van der Waals surface area contributed by atoms with E-state index in [4.69, 9.17) is 14.7 Å². The molecule has 7 atom stereocenters. The lowest BCUT2D eigenvalue weighted by molar-refractivity contribution is -0.135. The molecular weight excluding hydrogens is 729 g/mol. The lowest BCUT2D eigenvalue weighted by atomic mass is 9.78. The van der Waals surface area contributed by atoms with Crippen molar-refractivity contribution in [2.75, 3.05) is 13.7 Å². The molecule has 4 N–H and O–H groups in total. The van der Waals surface area contributed by atoms with Gasteiger partial charge in [-0.15, -0.1) is 0 Å². The number of hydrogen-bond donors (Lipinski definition) is 4. The lowest BCUT2D eigenvalue weighted by Crippen LogP contribution is -2.51. The summed E-state index contributed by atoms with van der Waals surface area (Å²) in [6.07, 6.45) is 11.7. The fourth-order valence-electron chi connectivity index (χ4n) is 9.69. The van der Waals surface area contributed by atoms with Crippen molar-refractivity contribution < 1.29 is 19.1 Å². The fraction of sp³-hybridized carbons (Fsp3) is 0.435. The average Bonchev–Trinajstić information content (AvgIpc) is 4.10. The number of pyridine rings is 1. The smallest absolute Gasteiger partial charge is 0.407 e. The van der Waals surface area contributed by atoms with Crippen molar-refractivity contribution in [3.8, 4) is 33.6 Å². The Morgan fingerprint density at radius 3 is 1.98 bits per heavy atom. The number of benzene rings is 2. The molecule has 0 spiro atoms. The number of nitrogens with one attached hydrogen (secondary N) is 4. The second kappa shape index (κ2) is 16.6. The van der Waals surface area contributed by atoms with Crippen LogP contribution in [0.15, 0.2) is 85.5 Å². The van der Waals surface area contributed by atoms with Gasteiger partial charge in [0.1, 0.15) is 17.7 Å². The van der Waals surface area contributed by atoms with Gasteiger partial charge in [0.2, 0.25) is 11.8 Å². The first-order valence-electron chi connectivity index (χ1n) is 20.8. The lowest BCUT2D eigenvalue weighted by Gasteiger charge is -2.31. The molecule has 0 radical (unpaired) electrons. The third-order valence-corrected chi connectivity index (χ3v) is 12.7. The van der Waals surface area contributed by atoms with E-state index in [1.165, 1.54) is 7.11 Å². The molecule has 2 aromatic carbocycles. The van der Waals surface area contributed by atoms with Gasteiger partial charge in [-0.25, -0.2) is 14.8 Å². The maximum Gasteiger partial charge on any atom is 0.407 e. The number of likely N-dealkylation sites (tertiary alicyclic amines) is 1. The predicted octanol–water partition coefficient (Wildman–Crippen LogP) is 8.22. The van der Waals surface area contributed by atoms with E-state index in [2.05, 4.69) is 88.0 Å². The highest BCUT2D eigenvalue weighted by Crippen LogP contribution is 2.56. The van der Waals surface area contributed by atoms with Crippen molar-refractivity contribution in [3.05, 3.63) is 103 Å². The summed E-state index contributed by atoms with van der Waals surface area (Å²) in [6, 6.07) is 19.9. The van der Waals surface area contributed by atoms with Crippen LogP contribution in [0.1, 0.15) is 95.0 Å². The van der Waals surface area contributed by atoms with Gasteiger partial charge in [-0.1, -0.05) is 82.3 Å². The molecule has 1 saturated heterocycles. The highest BCUT2D eigenvalue weighted by atomic mass is 16.5. The van der Waals surface area contributed by atoms with E-state index in [9.17, 15) is 14.4 Å². The van der Waals surface area contributed by atoms with E-state index in [1.807, 2.05) is 49.5 Å². The zero-order chi connectivity index (χ0) is 40.5. The minimum atomic E-state index is -0.678. The maximum atomic E-state index is 14.0. The molecule has 5 aromatic rings. The maximum absolute atomic E-state index is 14.0. The second-order valence-electron chi connectivity index (χ2n) is 17.0. The summed E-state index contributed by atoms with van der Waals surface area (Å²) in [6.45, 7) is 8.71. The van der Waals surface area contributed by atoms with Crippen molar-refractivity contribution in [2.24, 2.45) is 29.6 Å². The minimum absolute atomic E-state index is 0.0742. The van der Waals surface area contributed by atoms with E-state index in [1.54, 1.807) is 6.20 Å². The van der Waals surface area contributed by atoms with Crippen LogP contribution >= 0.6 is 0 Å². The molecule has 0 unspecified atom stereocenters. The summed E-state index contributed by atoms with van der Waals surface area (Å²) in [7, 11) is 1.30. The molecule has 1 aliphatic heterocycles. The minimum Gasteiger partial charge on any atom is -0.453 e. The molecule has 2 aliphatic carbocycles. The molecule has 302 valence electrons. The van der Waals surface area contributed by atoms with Crippen LogP contribution in [0, 0.1) is 29.6 Å². The molecule has 12 heteroatoms. The quantitative estimate of drug-likeness (QED) is 0.0993. The molecule has 8 rings (SSSR count). The number of rotatable bonds is 12. The van der Waals surface area contributed by atoms with Crippen LogP contribution in [-0.4, -0.2) is 67.4 Å². The van der Waals surface area contributed by atoms with Crippen LogP contribution in [0.5, 0.6) is 0 Å². The Labute approximate surface area is 340 Å². The average molecular weight is 783 g/mol. The molecular formula is C46H54N8O4. The standard InChI is InChI=1S/C46H54N8O4/c1-26(2)40(34-8-6-20-47-23-34)52-44(55)39-33-19-18-32(22-33)38(39)43-49-25-36(51-43)31-16-12-29(13-17-31)28-10-14-30(15-11-28)35-24-48-42(50-35)37-9-7-21-54(37)45(56)41(27(3)4)53-46(57)58-5/h6,8,10-17,20,23-27,32-33,37-41H,7,9,18-19,21-22H2,1-5H3,(H,48,50)(H,49,51)(H,52,55)(H,53,57)/t32-,33+,37-,38+,39+,40-,41-/m0/s1. The number of aromatic nitrogens is 5. The number of aromatic amines is 2. The van der Waals surface area contributed by atoms with E-state index < -0.39 is 12.1 Å². The van der Waals surface area contributed by atoms with Gasteiger partial charge in [0.05, 0.1) is 48.9 Å².